The Morgan fingerprint density at radius 1 is 1.35 bits per heavy atom. The van der Waals surface area contributed by atoms with Crippen LogP contribution in [0.15, 0.2) is 36.4 Å². The molecular formula is C17H20FNO. The molecule has 0 heterocycles. The predicted molar refractivity (Wildman–Crippen MR) is 77.7 cm³/mol. The molecule has 3 rings (SSSR count). The normalized spacial score (nSPS) is 30.6. The minimum absolute atomic E-state index is 0.0159. The number of carbonyl (C=O) groups excluding carboxylic acids is 1. The van der Waals surface area contributed by atoms with Gasteiger partial charge in [-0.15, -0.1) is 0 Å². The topological polar surface area (TPSA) is 29.1 Å². The second kappa shape index (κ2) is 4.18. The number of benzene rings is 1. The molecule has 2 aliphatic rings. The van der Waals surface area contributed by atoms with Crippen molar-refractivity contribution in [1.29, 1.82) is 0 Å². The fourth-order valence-corrected chi connectivity index (χ4v) is 3.93. The average molecular weight is 273 g/mol. The number of fused-ring (bicyclic) bond motifs is 2. The van der Waals surface area contributed by atoms with E-state index in [-0.39, 0.29) is 17.1 Å². The molecule has 2 atom stereocenters. The van der Waals surface area contributed by atoms with Gasteiger partial charge < -0.3 is 5.32 Å². The van der Waals surface area contributed by atoms with Crippen molar-refractivity contribution in [2.45, 2.75) is 33.1 Å². The van der Waals surface area contributed by atoms with Crippen molar-refractivity contribution in [3.63, 3.8) is 0 Å². The molecule has 2 saturated carbocycles. The fraction of sp³-hybridized carbons (Fsp3) is 0.471. The first kappa shape index (κ1) is 13.3. The van der Waals surface area contributed by atoms with E-state index in [4.69, 9.17) is 0 Å². The number of hydrogen-bond donors (Lipinski definition) is 1. The predicted octanol–water partition coefficient (Wildman–Crippen LogP) is 4.15. The molecule has 106 valence electrons. The monoisotopic (exact) mass is 273 g/mol. The van der Waals surface area contributed by atoms with E-state index in [0.717, 1.165) is 24.8 Å². The zero-order valence-electron chi connectivity index (χ0n) is 12.0. The lowest BCUT2D eigenvalue weighted by Crippen LogP contribution is -2.37. The summed E-state index contributed by atoms with van der Waals surface area (Å²) in [6.07, 6.45) is 2.86. The number of rotatable bonds is 2. The Morgan fingerprint density at radius 3 is 2.55 bits per heavy atom. The van der Waals surface area contributed by atoms with E-state index in [1.807, 2.05) is 0 Å². The summed E-state index contributed by atoms with van der Waals surface area (Å²) in [5, 5.41) is 2.93. The van der Waals surface area contributed by atoms with Crippen molar-refractivity contribution in [3.05, 3.63) is 42.2 Å². The lowest BCUT2D eigenvalue weighted by Gasteiger charge is -2.37. The van der Waals surface area contributed by atoms with Gasteiger partial charge in [0.15, 0.2) is 0 Å². The van der Waals surface area contributed by atoms with Gasteiger partial charge >= 0.3 is 0 Å². The van der Waals surface area contributed by atoms with Gasteiger partial charge in [0, 0.05) is 5.69 Å². The summed E-state index contributed by atoms with van der Waals surface area (Å²) >= 11 is 0. The molecular weight excluding hydrogens is 253 g/mol. The van der Waals surface area contributed by atoms with E-state index in [2.05, 4.69) is 25.7 Å². The first-order valence-electron chi connectivity index (χ1n) is 7.13. The standard InChI is InChI=1S/C17H20FNO/c1-11-16(2,3)12-8-9-17(11,10-12)15(20)19-14-6-4-13(18)5-7-14/h4-7,12H,1,8-10H2,2-3H3,(H,19,20)/t12-,17-/m1/s1. The summed E-state index contributed by atoms with van der Waals surface area (Å²) in [5.41, 5.74) is 1.31. The third kappa shape index (κ3) is 1.72. The Hall–Kier alpha value is -1.64. The number of halogens is 1. The summed E-state index contributed by atoms with van der Waals surface area (Å²) in [4.78, 5) is 12.7. The van der Waals surface area contributed by atoms with Crippen LogP contribution in [0, 0.1) is 22.6 Å². The summed E-state index contributed by atoms with van der Waals surface area (Å²) in [6, 6.07) is 5.91. The van der Waals surface area contributed by atoms with Gasteiger partial charge in [-0.25, -0.2) is 4.39 Å². The second-order valence-electron chi connectivity index (χ2n) is 6.68. The molecule has 3 heteroatoms. The van der Waals surface area contributed by atoms with E-state index in [1.165, 1.54) is 12.1 Å². The van der Waals surface area contributed by atoms with Crippen LogP contribution in [0.3, 0.4) is 0 Å². The van der Waals surface area contributed by atoms with Crippen LogP contribution in [0.25, 0.3) is 0 Å². The average Bonchev–Trinajstić information content (AvgIpc) is 2.93. The van der Waals surface area contributed by atoms with Gasteiger partial charge in [-0.1, -0.05) is 26.0 Å². The van der Waals surface area contributed by atoms with Crippen molar-refractivity contribution in [2.75, 3.05) is 5.32 Å². The maximum atomic E-state index is 12.9. The Labute approximate surface area is 119 Å². The molecule has 0 spiro atoms. The number of amides is 1. The maximum absolute atomic E-state index is 12.9. The molecule has 2 aliphatic carbocycles. The first-order chi connectivity index (χ1) is 9.36. The summed E-state index contributed by atoms with van der Waals surface area (Å²) < 4.78 is 12.9. The SMILES string of the molecule is C=C1C(C)(C)[C@@H]2CC[C@@]1(C(=O)Nc1ccc(F)cc1)C2. The summed E-state index contributed by atoms with van der Waals surface area (Å²) in [7, 11) is 0. The number of anilines is 1. The third-order valence-corrected chi connectivity index (χ3v) is 5.43. The molecule has 2 bridgehead atoms. The van der Waals surface area contributed by atoms with Gasteiger partial charge in [-0.2, -0.15) is 0 Å². The molecule has 0 saturated heterocycles. The van der Waals surface area contributed by atoms with Gasteiger partial charge in [0.05, 0.1) is 5.41 Å². The van der Waals surface area contributed by atoms with Crippen LogP contribution in [-0.4, -0.2) is 5.91 Å². The van der Waals surface area contributed by atoms with Gasteiger partial charge in [-0.3, -0.25) is 4.79 Å². The van der Waals surface area contributed by atoms with Crippen molar-refractivity contribution in [3.8, 4) is 0 Å². The van der Waals surface area contributed by atoms with E-state index < -0.39 is 5.41 Å². The minimum atomic E-state index is -0.428. The van der Waals surface area contributed by atoms with Crippen molar-refractivity contribution >= 4 is 11.6 Å². The van der Waals surface area contributed by atoms with Gasteiger partial charge in [0.2, 0.25) is 5.91 Å². The lowest BCUT2D eigenvalue weighted by atomic mass is 9.68. The highest BCUT2D eigenvalue weighted by Gasteiger charge is 2.60. The highest BCUT2D eigenvalue weighted by Crippen LogP contribution is 2.65. The summed E-state index contributed by atoms with van der Waals surface area (Å²) in [6.45, 7) is 8.59. The number of carbonyl (C=O) groups is 1. The fourth-order valence-electron chi connectivity index (χ4n) is 3.93. The van der Waals surface area contributed by atoms with Gasteiger partial charge in [0.1, 0.15) is 5.82 Å². The third-order valence-electron chi connectivity index (χ3n) is 5.43. The molecule has 1 aromatic carbocycles. The van der Waals surface area contributed by atoms with E-state index in [1.54, 1.807) is 12.1 Å². The lowest BCUT2D eigenvalue weighted by molar-refractivity contribution is -0.123. The summed E-state index contributed by atoms with van der Waals surface area (Å²) in [5.74, 6) is 0.268. The van der Waals surface area contributed by atoms with Crippen LogP contribution >= 0.6 is 0 Å². The molecule has 0 aromatic heterocycles. The van der Waals surface area contributed by atoms with Crippen molar-refractivity contribution in [1.82, 2.24) is 0 Å². The molecule has 0 unspecified atom stereocenters. The largest absolute Gasteiger partial charge is 0.325 e. The molecule has 0 aliphatic heterocycles. The molecule has 0 radical (unpaired) electrons. The maximum Gasteiger partial charge on any atom is 0.234 e. The van der Waals surface area contributed by atoms with Crippen LogP contribution in [0.1, 0.15) is 33.1 Å². The highest BCUT2D eigenvalue weighted by molar-refractivity contribution is 5.98. The Balaban J connectivity index is 1.84. The second-order valence-corrected chi connectivity index (χ2v) is 6.68. The van der Waals surface area contributed by atoms with E-state index in [0.29, 0.717) is 11.6 Å². The van der Waals surface area contributed by atoms with Gasteiger partial charge in [-0.05, 0) is 54.9 Å². The Bertz CT molecular complexity index is 575. The quantitative estimate of drug-likeness (QED) is 0.806. The van der Waals surface area contributed by atoms with Crippen LogP contribution in [-0.2, 0) is 4.79 Å². The molecule has 20 heavy (non-hydrogen) atoms. The zero-order valence-corrected chi connectivity index (χ0v) is 12.0. The number of nitrogens with one attached hydrogen (secondary N) is 1. The van der Waals surface area contributed by atoms with Gasteiger partial charge in [0.25, 0.3) is 0 Å². The van der Waals surface area contributed by atoms with Crippen LogP contribution in [0.5, 0.6) is 0 Å². The zero-order chi connectivity index (χ0) is 14.5. The van der Waals surface area contributed by atoms with Crippen LogP contribution in [0.2, 0.25) is 0 Å². The van der Waals surface area contributed by atoms with E-state index in [9.17, 15) is 9.18 Å². The van der Waals surface area contributed by atoms with E-state index >= 15 is 0 Å². The Kier molecular flexibility index (Phi) is 2.79. The Morgan fingerprint density at radius 2 is 2.00 bits per heavy atom. The molecule has 1 aromatic rings. The van der Waals surface area contributed by atoms with Crippen molar-refractivity contribution in [2.24, 2.45) is 16.7 Å². The minimum Gasteiger partial charge on any atom is -0.325 e. The molecule has 2 nitrogen and oxygen atoms in total. The first-order valence-corrected chi connectivity index (χ1v) is 7.13. The van der Waals surface area contributed by atoms with Crippen LogP contribution < -0.4 is 5.32 Å². The smallest absolute Gasteiger partial charge is 0.234 e. The number of hydrogen-bond acceptors (Lipinski definition) is 1. The molecule has 1 amide bonds. The highest BCUT2D eigenvalue weighted by atomic mass is 19.1. The molecule has 1 N–H and O–H groups in total. The molecule has 2 fully saturated rings. The van der Waals surface area contributed by atoms with Crippen LogP contribution in [0.4, 0.5) is 10.1 Å². The van der Waals surface area contributed by atoms with Crippen molar-refractivity contribution < 1.29 is 9.18 Å².